The van der Waals surface area contributed by atoms with Gasteiger partial charge in [-0.05, 0) is 19.1 Å². The van der Waals surface area contributed by atoms with Gasteiger partial charge in [0.1, 0.15) is 0 Å². The lowest BCUT2D eigenvalue weighted by atomic mass is 10.1. The summed E-state index contributed by atoms with van der Waals surface area (Å²) in [6.45, 7) is 1.83. The van der Waals surface area contributed by atoms with Crippen molar-refractivity contribution in [3.63, 3.8) is 0 Å². The van der Waals surface area contributed by atoms with Gasteiger partial charge in [0.15, 0.2) is 10.9 Å². The van der Waals surface area contributed by atoms with Gasteiger partial charge in [-0.2, -0.15) is 0 Å². The van der Waals surface area contributed by atoms with Crippen LogP contribution < -0.4 is 5.32 Å². The highest BCUT2D eigenvalue weighted by Crippen LogP contribution is 2.31. The number of aromatic nitrogens is 2. The molecule has 1 aromatic carbocycles. The standard InChI is InChI=1S/C17H13N3O2S/c1-10-6-7-22-15(10)16(21)20-17-19-14(9-23-17)12-8-18-13-5-3-2-4-11(12)13/h2-9,18H,1H3,(H,19,20,21). The molecule has 5 nitrogen and oxygen atoms in total. The quantitative estimate of drug-likeness (QED) is 0.585. The van der Waals surface area contributed by atoms with Crippen molar-refractivity contribution >= 4 is 33.3 Å². The van der Waals surface area contributed by atoms with Crippen molar-refractivity contribution in [1.29, 1.82) is 0 Å². The van der Waals surface area contributed by atoms with Gasteiger partial charge in [0, 0.05) is 33.6 Å². The Morgan fingerprint density at radius 3 is 3.00 bits per heavy atom. The summed E-state index contributed by atoms with van der Waals surface area (Å²) in [6, 6.07) is 9.81. The number of carbonyl (C=O) groups is 1. The van der Waals surface area contributed by atoms with E-state index in [9.17, 15) is 4.79 Å². The van der Waals surface area contributed by atoms with Crippen molar-refractivity contribution in [2.45, 2.75) is 6.92 Å². The van der Waals surface area contributed by atoms with Crippen LogP contribution in [-0.2, 0) is 0 Å². The average molecular weight is 323 g/mol. The number of hydrogen-bond acceptors (Lipinski definition) is 4. The zero-order valence-corrected chi connectivity index (χ0v) is 13.1. The third-order valence-corrected chi connectivity index (χ3v) is 4.42. The van der Waals surface area contributed by atoms with E-state index in [4.69, 9.17) is 4.42 Å². The second-order valence-corrected chi connectivity index (χ2v) is 6.03. The van der Waals surface area contributed by atoms with Crippen LogP contribution in [0.15, 0.2) is 52.6 Å². The molecule has 4 aromatic rings. The molecule has 3 aromatic heterocycles. The number of para-hydroxylation sites is 1. The van der Waals surface area contributed by atoms with Crippen molar-refractivity contribution in [3.05, 3.63) is 59.5 Å². The first-order valence-electron chi connectivity index (χ1n) is 7.10. The van der Waals surface area contributed by atoms with Crippen LogP contribution in [0.4, 0.5) is 5.13 Å². The molecular formula is C17H13N3O2S. The minimum Gasteiger partial charge on any atom is -0.459 e. The Morgan fingerprint density at radius 1 is 1.30 bits per heavy atom. The van der Waals surface area contributed by atoms with Crippen LogP contribution in [0, 0.1) is 6.92 Å². The molecule has 0 saturated heterocycles. The van der Waals surface area contributed by atoms with Crippen LogP contribution in [0.3, 0.4) is 0 Å². The first-order valence-corrected chi connectivity index (χ1v) is 7.98. The first-order chi connectivity index (χ1) is 11.2. The summed E-state index contributed by atoms with van der Waals surface area (Å²) >= 11 is 1.39. The summed E-state index contributed by atoms with van der Waals surface area (Å²) in [5.74, 6) is 0.0289. The minimum atomic E-state index is -0.285. The Kier molecular flexibility index (Phi) is 3.24. The number of furan rings is 1. The van der Waals surface area contributed by atoms with Crippen molar-refractivity contribution in [3.8, 4) is 11.3 Å². The predicted molar refractivity (Wildman–Crippen MR) is 90.8 cm³/mol. The van der Waals surface area contributed by atoms with E-state index in [-0.39, 0.29) is 5.91 Å². The van der Waals surface area contributed by atoms with Crippen LogP contribution in [-0.4, -0.2) is 15.9 Å². The highest BCUT2D eigenvalue weighted by atomic mass is 32.1. The van der Waals surface area contributed by atoms with Gasteiger partial charge in [-0.3, -0.25) is 10.1 Å². The number of rotatable bonds is 3. The fourth-order valence-corrected chi connectivity index (χ4v) is 3.20. The molecule has 2 N–H and O–H groups in total. The van der Waals surface area contributed by atoms with Crippen molar-refractivity contribution < 1.29 is 9.21 Å². The van der Waals surface area contributed by atoms with E-state index in [1.54, 1.807) is 6.07 Å². The average Bonchev–Trinajstić information content (AvgIpc) is 3.25. The first kappa shape index (κ1) is 13.8. The molecule has 0 atom stereocenters. The fourth-order valence-electron chi connectivity index (χ4n) is 2.50. The van der Waals surface area contributed by atoms with E-state index in [1.807, 2.05) is 42.8 Å². The summed E-state index contributed by atoms with van der Waals surface area (Å²) in [6.07, 6.45) is 3.44. The Morgan fingerprint density at radius 2 is 2.17 bits per heavy atom. The molecule has 114 valence electrons. The molecule has 0 aliphatic rings. The summed E-state index contributed by atoms with van der Waals surface area (Å²) in [5, 5.41) is 6.37. The summed E-state index contributed by atoms with van der Waals surface area (Å²) in [7, 11) is 0. The summed E-state index contributed by atoms with van der Waals surface area (Å²) in [4.78, 5) is 19.9. The monoisotopic (exact) mass is 323 g/mol. The number of anilines is 1. The molecule has 0 bridgehead atoms. The Hall–Kier alpha value is -2.86. The van der Waals surface area contributed by atoms with Gasteiger partial charge in [0.2, 0.25) is 0 Å². The van der Waals surface area contributed by atoms with E-state index >= 15 is 0 Å². The van der Waals surface area contributed by atoms with E-state index in [2.05, 4.69) is 15.3 Å². The van der Waals surface area contributed by atoms with Gasteiger partial charge in [-0.15, -0.1) is 11.3 Å². The second-order valence-electron chi connectivity index (χ2n) is 5.17. The van der Waals surface area contributed by atoms with Crippen LogP contribution >= 0.6 is 11.3 Å². The van der Waals surface area contributed by atoms with E-state index < -0.39 is 0 Å². The van der Waals surface area contributed by atoms with Crippen LogP contribution in [0.1, 0.15) is 16.1 Å². The number of H-pyrrole nitrogens is 1. The van der Waals surface area contributed by atoms with Crippen molar-refractivity contribution in [1.82, 2.24) is 9.97 Å². The molecule has 0 saturated carbocycles. The minimum absolute atomic E-state index is 0.285. The SMILES string of the molecule is Cc1ccoc1C(=O)Nc1nc(-c2c[nH]c3ccccc23)cs1. The summed E-state index contributed by atoms with van der Waals surface area (Å²) in [5.41, 5.74) is 3.72. The maximum Gasteiger partial charge on any atom is 0.293 e. The van der Waals surface area contributed by atoms with Gasteiger partial charge in [0.25, 0.3) is 5.91 Å². The Labute approximate surface area is 136 Å². The second kappa shape index (κ2) is 5.40. The number of thiazole rings is 1. The van der Waals surface area contributed by atoms with Crippen molar-refractivity contribution in [2.24, 2.45) is 0 Å². The Bertz CT molecular complexity index is 996. The van der Waals surface area contributed by atoms with Gasteiger partial charge in [-0.25, -0.2) is 4.98 Å². The zero-order chi connectivity index (χ0) is 15.8. The van der Waals surface area contributed by atoms with E-state index in [1.165, 1.54) is 17.6 Å². The molecule has 0 aliphatic heterocycles. The zero-order valence-electron chi connectivity index (χ0n) is 12.3. The highest BCUT2D eigenvalue weighted by Gasteiger charge is 2.15. The van der Waals surface area contributed by atoms with Gasteiger partial charge < -0.3 is 9.40 Å². The third-order valence-electron chi connectivity index (χ3n) is 3.66. The molecule has 23 heavy (non-hydrogen) atoms. The van der Waals surface area contributed by atoms with Gasteiger partial charge >= 0.3 is 0 Å². The van der Waals surface area contributed by atoms with Gasteiger partial charge in [-0.1, -0.05) is 18.2 Å². The molecular weight excluding hydrogens is 310 g/mol. The number of fused-ring (bicyclic) bond motifs is 1. The van der Waals surface area contributed by atoms with E-state index in [0.29, 0.717) is 10.9 Å². The number of benzene rings is 1. The Balaban J connectivity index is 1.62. The number of carbonyl (C=O) groups excluding carboxylic acids is 1. The topological polar surface area (TPSA) is 70.9 Å². The van der Waals surface area contributed by atoms with Gasteiger partial charge in [0.05, 0.1) is 12.0 Å². The van der Waals surface area contributed by atoms with Crippen LogP contribution in [0.2, 0.25) is 0 Å². The fraction of sp³-hybridized carbons (Fsp3) is 0.0588. The molecule has 4 rings (SSSR count). The highest BCUT2D eigenvalue weighted by molar-refractivity contribution is 7.14. The number of hydrogen-bond donors (Lipinski definition) is 2. The normalized spacial score (nSPS) is 11.0. The van der Waals surface area contributed by atoms with Crippen LogP contribution in [0.25, 0.3) is 22.2 Å². The van der Waals surface area contributed by atoms with E-state index in [0.717, 1.165) is 27.7 Å². The molecule has 0 spiro atoms. The smallest absolute Gasteiger partial charge is 0.293 e. The molecule has 1 amide bonds. The molecule has 0 fully saturated rings. The number of aromatic amines is 1. The van der Waals surface area contributed by atoms with Crippen LogP contribution in [0.5, 0.6) is 0 Å². The predicted octanol–water partition coefficient (Wildman–Crippen LogP) is 4.45. The maximum absolute atomic E-state index is 12.2. The lowest BCUT2D eigenvalue weighted by Gasteiger charge is -1.99. The lowest BCUT2D eigenvalue weighted by Crippen LogP contribution is -2.11. The largest absolute Gasteiger partial charge is 0.459 e. The maximum atomic E-state index is 12.2. The molecule has 0 unspecified atom stereocenters. The third kappa shape index (κ3) is 2.43. The molecule has 6 heteroatoms. The number of nitrogens with one attached hydrogen (secondary N) is 2. The number of aryl methyl sites for hydroxylation is 1. The molecule has 0 aliphatic carbocycles. The molecule has 0 radical (unpaired) electrons. The number of nitrogens with zero attached hydrogens (tertiary/aromatic N) is 1. The lowest BCUT2D eigenvalue weighted by molar-refractivity contribution is 0.0996. The van der Waals surface area contributed by atoms with Crippen molar-refractivity contribution in [2.75, 3.05) is 5.32 Å². The number of amides is 1. The molecule has 3 heterocycles. The summed E-state index contributed by atoms with van der Waals surface area (Å²) < 4.78 is 5.19.